The fourth-order valence-electron chi connectivity index (χ4n) is 1.30. The third-order valence-corrected chi connectivity index (χ3v) is 2.90. The third-order valence-electron chi connectivity index (χ3n) is 2.05. The van der Waals surface area contributed by atoms with Gasteiger partial charge in [0.2, 0.25) is 0 Å². The molecule has 0 saturated heterocycles. The van der Waals surface area contributed by atoms with E-state index in [1.54, 1.807) is 18.2 Å². The zero-order chi connectivity index (χ0) is 11.0. The van der Waals surface area contributed by atoms with Crippen LogP contribution in [0.1, 0.15) is 11.6 Å². The number of hydrogen-bond acceptors (Lipinski definition) is 5. The molecule has 0 aliphatic rings. The van der Waals surface area contributed by atoms with Crippen LogP contribution in [0.2, 0.25) is 0 Å². The van der Waals surface area contributed by atoms with E-state index >= 15 is 0 Å². The van der Waals surface area contributed by atoms with Gasteiger partial charge in [-0.05, 0) is 17.7 Å². The number of aromatic nitrogens is 1. The van der Waals surface area contributed by atoms with Gasteiger partial charge < -0.3 is 16.6 Å². The predicted octanol–water partition coefficient (Wildman–Crippen LogP) is 0.963. The van der Waals surface area contributed by atoms with Gasteiger partial charge in [-0.2, -0.15) is 0 Å². The fraction of sp³-hybridized carbons (Fsp3) is 0.111. The second-order valence-corrected chi connectivity index (χ2v) is 4.16. The summed E-state index contributed by atoms with van der Waals surface area (Å²) in [5.41, 5.74) is 12.3. The zero-order valence-corrected chi connectivity index (χ0v) is 8.49. The molecule has 1 aromatic heterocycles. The van der Waals surface area contributed by atoms with E-state index in [9.17, 15) is 4.79 Å². The van der Waals surface area contributed by atoms with Crippen molar-refractivity contribution < 1.29 is 9.90 Å². The minimum atomic E-state index is -1.05. The van der Waals surface area contributed by atoms with Crippen molar-refractivity contribution in [2.75, 3.05) is 5.73 Å². The van der Waals surface area contributed by atoms with Gasteiger partial charge in [-0.15, -0.1) is 0 Å². The van der Waals surface area contributed by atoms with Crippen molar-refractivity contribution >= 4 is 32.7 Å². The lowest BCUT2D eigenvalue weighted by Crippen LogP contribution is -2.20. The van der Waals surface area contributed by atoms with Crippen molar-refractivity contribution in [1.82, 2.24) is 4.98 Å². The number of aliphatic carboxylic acids is 1. The Hall–Kier alpha value is -1.66. The van der Waals surface area contributed by atoms with Crippen LogP contribution in [0.15, 0.2) is 18.2 Å². The normalized spacial score (nSPS) is 12.9. The molecule has 0 bridgehead atoms. The number of hydrogen-bond donors (Lipinski definition) is 3. The molecular weight excluding hydrogens is 214 g/mol. The highest BCUT2D eigenvalue weighted by atomic mass is 32.1. The van der Waals surface area contributed by atoms with E-state index in [0.29, 0.717) is 10.7 Å². The molecule has 0 aliphatic carbocycles. The second kappa shape index (κ2) is 3.48. The van der Waals surface area contributed by atoms with Gasteiger partial charge in [0.25, 0.3) is 0 Å². The zero-order valence-electron chi connectivity index (χ0n) is 7.68. The lowest BCUT2D eigenvalue weighted by Gasteiger charge is -2.05. The smallest absolute Gasteiger partial charge is 0.325 e. The van der Waals surface area contributed by atoms with E-state index in [-0.39, 0.29) is 0 Å². The van der Waals surface area contributed by atoms with Crippen molar-refractivity contribution in [1.29, 1.82) is 0 Å². The van der Waals surface area contributed by atoms with Crippen LogP contribution in [0.5, 0.6) is 0 Å². The van der Waals surface area contributed by atoms with Crippen LogP contribution >= 0.6 is 11.3 Å². The van der Waals surface area contributed by atoms with E-state index < -0.39 is 12.0 Å². The number of carbonyl (C=O) groups is 1. The number of fused-ring (bicyclic) bond motifs is 1. The van der Waals surface area contributed by atoms with Gasteiger partial charge in [0.15, 0.2) is 5.13 Å². The van der Waals surface area contributed by atoms with Gasteiger partial charge >= 0.3 is 5.97 Å². The number of carboxylic acids is 1. The van der Waals surface area contributed by atoms with Crippen molar-refractivity contribution in [3.05, 3.63) is 23.8 Å². The van der Waals surface area contributed by atoms with Crippen LogP contribution in [0.4, 0.5) is 5.13 Å². The highest BCUT2D eigenvalue weighted by molar-refractivity contribution is 7.22. The first kappa shape index (κ1) is 9.88. The van der Waals surface area contributed by atoms with Crippen molar-refractivity contribution in [3.8, 4) is 0 Å². The van der Waals surface area contributed by atoms with Gasteiger partial charge in [0.1, 0.15) is 6.04 Å². The molecule has 6 heteroatoms. The van der Waals surface area contributed by atoms with Gasteiger partial charge in [0, 0.05) is 0 Å². The Balaban J connectivity index is 2.50. The van der Waals surface area contributed by atoms with Crippen LogP contribution in [0.25, 0.3) is 10.2 Å². The summed E-state index contributed by atoms with van der Waals surface area (Å²) in [5.74, 6) is -1.05. The summed E-state index contributed by atoms with van der Waals surface area (Å²) in [6.07, 6.45) is 0. The number of nitrogens with two attached hydrogens (primary N) is 2. The molecule has 0 spiro atoms. The van der Waals surface area contributed by atoms with Gasteiger partial charge in [-0.3, -0.25) is 4.79 Å². The number of rotatable bonds is 2. The van der Waals surface area contributed by atoms with Crippen LogP contribution in [0.3, 0.4) is 0 Å². The van der Waals surface area contributed by atoms with Gasteiger partial charge in [-0.1, -0.05) is 17.4 Å². The van der Waals surface area contributed by atoms with E-state index in [4.69, 9.17) is 16.6 Å². The average molecular weight is 223 g/mol. The summed E-state index contributed by atoms with van der Waals surface area (Å²) in [4.78, 5) is 14.7. The molecule has 0 aliphatic heterocycles. The molecule has 0 amide bonds. The highest BCUT2D eigenvalue weighted by Gasteiger charge is 2.15. The minimum Gasteiger partial charge on any atom is -0.480 e. The van der Waals surface area contributed by atoms with Gasteiger partial charge in [-0.25, -0.2) is 4.98 Å². The monoisotopic (exact) mass is 223 g/mol. The molecule has 0 fully saturated rings. The Morgan fingerprint density at radius 3 is 2.93 bits per heavy atom. The van der Waals surface area contributed by atoms with E-state index in [2.05, 4.69) is 4.98 Å². The Morgan fingerprint density at radius 1 is 1.53 bits per heavy atom. The average Bonchev–Trinajstić information content (AvgIpc) is 2.55. The maximum absolute atomic E-state index is 10.7. The first-order valence-electron chi connectivity index (χ1n) is 4.22. The molecule has 2 rings (SSSR count). The van der Waals surface area contributed by atoms with E-state index in [1.807, 2.05) is 0 Å². The Morgan fingerprint density at radius 2 is 2.27 bits per heavy atom. The molecule has 2 aromatic rings. The molecule has 0 radical (unpaired) electrons. The number of anilines is 1. The van der Waals surface area contributed by atoms with Crippen LogP contribution in [-0.2, 0) is 4.79 Å². The Labute approximate surface area is 89.3 Å². The number of thiazole rings is 1. The van der Waals surface area contributed by atoms with Crippen molar-refractivity contribution in [2.24, 2.45) is 5.73 Å². The number of carboxylic acid groups (broad SMARTS) is 1. The summed E-state index contributed by atoms with van der Waals surface area (Å²) in [6, 6.07) is 4.08. The first-order valence-corrected chi connectivity index (χ1v) is 5.04. The molecule has 5 nitrogen and oxygen atoms in total. The molecule has 0 unspecified atom stereocenters. The molecule has 78 valence electrons. The standard InChI is InChI=1S/C9H9N3O2S/c10-7(8(13)14)4-1-2-5-6(3-4)15-9(11)12-5/h1-3,7H,10H2,(H2,11,12)(H,13,14)/t7-/m0/s1. The molecule has 1 atom stereocenters. The quantitative estimate of drug-likeness (QED) is 0.703. The highest BCUT2D eigenvalue weighted by Crippen LogP contribution is 2.26. The van der Waals surface area contributed by atoms with Crippen LogP contribution in [0, 0.1) is 0 Å². The van der Waals surface area contributed by atoms with Crippen molar-refractivity contribution in [3.63, 3.8) is 0 Å². The number of nitrogen functional groups attached to an aromatic ring is 1. The third kappa shape index (κ3) is 1.77. The summed E-state index contributed by atoms with van der Waals surface area (Å²) in [5, 5.41) is 9.21. The largest absolute Gasteiger partial charge is 0.480 e. The topological polar surface area (TPSA) is 102 Å². The van der Waals surface area contributed by atoms with E-state index in [1.165, 1.54) is 11.3 Å². The van der Waals surface area contributed by atoms with E-state index in [0.717, 1.165) is 10.2 Å². The molecule has 1 aromatic carbocycles. The summed E-state index contributed by atoms with van der Waals surface area (Å²) < 4.78 is 0.849. The number of nitrogens with zero attached hydrogens (tertiary/aromatic N) is 1. The maximum Gasteiger partial charge on any atom is 0.325 e. The molecule has 0 saturated carbocycles. The van der Waals surface area contributed by atoms with Crippen molar-refractivity contribution in [2.45, 2.75) is 6.04 Å². The molecule has 15 heavy (non-hydrogen) atoms. The molecule has 5 N–H and O–H groups in total. The molecular formula is C9H9N3O2S. The Kier molecular flexibility index (Phi) is 2.29. The maximum atomic E-state index is 10.7. The Bertz CT molecular complexity index is 523. The van der Waals surface area contributed by atoms with Crippen LogP contribution in [-0.4, -0.2) is 16.1 Å². The minimum absolute atomic E-state index is 0.464. The summed E-state index contributed by atoms with van der Waals surface area (Å²) in [7, 11) is 0. The number of benzene rings is 1. The lowest BCUT2D eigenvalue weighted by atomic mass is 10.1. The first-order chi connectivity index (χ1) is 7.08. The predicted molar refractivity (Wildman–Crippen MR) is 58.6 cm³/mol. The molecule has 1 heterocycles. The summed E-state index contributed by atoms with van der Waals surface area (Å²) in [6.45, 7) is 0. The van der Waals surface area contributed by atoms with Crippen LogP contribution < -0.4 is 11.5 Å². The SMILES string of the molecule is Nc1nc2ccc([C@H](N)C(=O)O)cc2s1. The summed E-state index contributed by atoms with van der Waals surface area (Å²) >= 11 is 1.31. The van der Waals surface area contributed by atoms with Gasteiger partial charge in [0.05, 0.1) is 10.2 Å². The fourth-order valence-corrected chi connectivity index (χ4v) is 2.08. The second-order valence-electron chi connectivity index (χ2n) is 3.10. The lowest BCUT2D eigenvalue weighted by molar-refractivity contribution is -0.138.